The second-order valence-electron chi connectivity index (χ2n) is 4.94. The molecule has 0 bridgehead atoms. The summed E-state index contributed by atoms with van der Waals surface area (Å²) in [4.78, 5) is 28.7. The Hall–Kier alpha value is -2.89. The highest BCUT2D eigenvalue weighted by Gasteiger charge is 2.27. The molecular weight excluding hydrogens is 298 g/mol. The van der Waals surface area contributed by atoms with Gasteiger partial charge in [-0.3, -0.25) is 4.98 Å². The molecule has 0 saturated carbocycles. The number of aromatic nitrogens is 1. The number of ether oxygens (including phenoxy) is 2. The van der Waals surface area contributed by atoms with Gasteiger partial charge in [0.1, 0.15) is 5.75 Å². The molecule has 0 unspecified atom stereocenters. The van der Waals surface area contributed by atoms with E-state index in [0.717, 1.165) is 0 Å². The van der Waals surface area contributed by atoms with Gasteiger partial charge in [-0.1, -0.05) is 12.1 Å². The molecule has 1 aromatic carbocycles. The molecule has 0 fully saturated rings. The fourth-order valence-electron chi connectivity index (χ4n) is 2.47. The first-order chi connectivity index (χ1) is 10.9. The van der Waals surface area contributed by atoms with E-state index in [1.165, 1.54) is 26.4 Å². The minimum absolute atomic E-state index is 0.0792. The van der Waals surface area contributed by atoms with E-state index >= 15 is 0 Å². The minimum atomic E-state index is -0.594. The third-order valence-electron chi connectivity index (χ3n) is 3.49. The molecule has 1 aromatic heterocycles. The van der Waals surface area contributed by atoms with Gasteiger partial charge in [-0.15, -0.1) is 0 Å². The SMILES string of the molecule is COC(=O)c1c(C)nc(C)c(C(=O)OC)c1-c1ccc(O)cc1. The van der Waals surface area contributed by atoms with Crippen molar-refractivity contribution in [1.82, 2.24) is 4.98 Å². The lowest BCUT2D eigenvalue weighted by atomic mass is 9.92. The van der Waals surface area contributed by atoms with Crippen LogP contribution < -0.4 is 0 Å². The van der Waals surface area contributed by atoms with Crippen LogP contribution in [0.25, 0.3) is 11.1 Å². The summed E-state index contributed by atoms with van der Waals surface area (Å²) >= 11 is 0. The fourth-order valence-corrected chi connectivity index (χ4v) is 2.47. The van der Waals surface area contributed by atoms with Crippen LogP contribution in [0.15, 0.2) is 24.3 Å². The third-order valence-corrected chi connectivity index (χ3v) is 3.49. The summed E-state index contributed by atoms with van der Waals surface area (Å²) in [6, 6.07) is 6.18. The van der Waals surface area contributed by atoms with E-state index in [1.54, 1.807) is 26.0 Å². The Kier molecular flexibility index (Phi) is 4.64. The van der Waals surface area contributed by atoms with Crippen LogP contribution in [0.2, 0.25) is 0 Å². The maximum absolute atomic E-state index is 12.2. The Labute approximate surface area is 133 Å². The van der Waals surface area contributed by atoms with Crippen molar-refractivity contribution >= 4 is 11.9 Å². The van der Waals surface area contributed by atoms with Gasteiger partial charge in [0.2, 0.25) is 0 Å². The van der Waals surface area contributed by atoms with Gasteiger partial charge in [-0.25, -0.2) is 9.59 Å². The summed E-state index contributed by atoms with van der Waals surface area (Å²) in [6.45, 7) is 3.34. The van der Waals surface area contributed by atoms with Gasteiger partial charge in [-0.05, 0) is 31.5 Å². The molecule has 0 atom stereocenters. The van der Waals surface area contributed by atoms with Gasteiger partial charge in [0, 0.05) is 5.56 Å². The topological polar surface area (TPSA) is 85.7 Å². The van der Waals surface area contributed by atoms with Gasteiger partial charge in [0.15, 0.2) is 0 Å². The molecule has 0 aliphatic heterocycles. The Balaban J connectivity index is 2.90. The molecule has 0 aliphatic rings. The molecule has 6 heteroatoms. The molecule has 23 heavy (non-hydrogen) atoms. The lowest BCUT2D eigenvalue weighted by molar-refractivity contribution is 0.0599. The summed E-state index contributed by atoms with van der Waals surface area (Å²) in [5, 5.41) is 9.47. The molecule has 0 amide bonds. The van der Waals surface area contributed by atoms with Crippen LogP contribution >= 0.6 is 0 Å². The lowest BCUT2D eigenvalue weighted by Gasteiger charge is -2.16. The summed E-state index contributed by atoms with van der Waals surface area (Å²) in [7, 11) is 2.53. The van der Waals surface area contributed by atoms with E-state index < -0.39 is 11.9 Å². The molecule has 1 heterocycles. The number of phenolic OH excluding ortho intramolecular Hbond substituents is 1. The predicted octanol–water partition coefficient (Wildman–Crippen LogP) is 2.64. The van der Waals surface area contributed by atoms with Crippen molar-refractivity contribution in [3.63, 3.8) is 0 Å². The number of esters is 2. The van der Waals surface area contributed by atoms with E-state index in [4.69, 9.17) is 9.47 Å². The normalized spacial score (nSPS) is 10.3. The van der Waals surface area contributed by atoms with Crippen molar-refractivity contribution in [3.05, 3.63) is 46.8 Å². The zero-order valence-corrected chi connectivity index (χ0v) is 13.3. The zero-order valence-electron chi connectivity index (χ0n) is 13.3. The minimum Gasteiger partial charge on any atom is -0.508 e. The average molecular weight is 315 g/mol. The number of methoxy groups -OCH3 is 2. The second kappa shape index (κ2) is 6.48. The molecule has 0 spiro atoms. The van der Waals surface area contributed by atoms with Gasteiger partial charge in [0.25, 0.3) is 0 Å². The molecule has 0 saturated heterocycles. The number of benzene rings is 1. The van der Waals surface area contributed by atoms with Crippen LogP contribution in [0.3, 0.4) is 0 Å². The molecule has 2 aromatic rings. The number of rotatable bonds is 3. The van der Waals surface area contributed by atoms with Crippen LogP contribution in [0, 0.1) is 13.8 Å². The van der Waals surface area contributed by atoms with E-state index in [2.05, 4.69) is 4.98 Å². The summed E-state index contributed by atoms with van der Waals surface area (Å²) in [5.74, 6) is -1.11. The summed E-state index contributed by atoms with van der Waals surface area (Å²) in [5.41, 5.74) is 2.26. The largest absolute Gasteiger partial charge is 0.508 e. The van der Waals surface area contributed by atoms with E-state index in [9.17, 15) is 14.7 Å². The standard InChI is InChI=1S/C17H17NO5/c1-9-13(16(20)22-3)15(11-5-7-12(19)8-6-11)14(10(2)18-9)17(21)23-4/h5-8,19H,1-4H3. The highest BCUT2D eigenvalue weighted by molar-refractivity contribution is 6.07. The quantitative estimate of drug-likeness (QED) is 0.876. The predicted molar refractivity (Wildman–Crippen MR) is 83.5 cm³/mol. The molecule has 6 nitrogen and oxygen atoms in total. The Bertz CT molecular complexity index is 725. The van der Waals surface area contributed by atoms with Crippen LogP contribution in [0.4, 0.5) is 0 Å². The maximum Gasteiger partial charge on any atom is 0.340 e. The van der Waals surface area contributed by atoms with Crippen molar-refractivity contribution in [2.24, 2.45) is 0 Å². The molecule has 120 valence electrons. The van der Waals surface area contributed by atoms with Gasteiger partial charge < -0.3 is 14.6 Å². The van der Waals surface area contributed by atoms with Crippen molar-refractivity contribution in [3.8, 4) is 16.9 Å². The highest BCUT2D eigenvalue weighted by atomic mass is 16.5. The number of hydrogen-bond acceptors (Lipinski definition) is 6. The highest BCUT2D eigenvalue weighted by Crippen LogP contribution is 2.33. The average Bonchev–Trinajstić information content (AvgIpc) is 2.53. The first-order valence-corrected chi connectivity index (χ1v) is 6.88. The number of pyridine rings is 1. The number of aromatic hydroxyl groups is 1. The molecule has 2 rings (SSSR count). The Morgan fingerprint density at radius 1 is 0.913 bits per heavy atom. The van der Waals surface area contributed by atoms with E-state index in [0.29, 0.717) is 22.5 Å². The monoisotopic (exact) mass is 315 g/mol. The number of nitrogens with zero attached hydrogens (tertiary/aromatic N) is 1. The number of phenols is 1. The fraction of sp³-hybridized carbons (Fsp3) is 0.235. The third kappa shape index (κ3) is 3.01. The smallest absolute Gasteiger partial charge is 0.340 e. The first kappa shape index (κ1) is 16.5. The second-order valence-corrected chi connectivity index (χ2v) is 4.94. The van der Waals surface area contributed by atoms with Crippen molar-refractivity contribution in [2.75, 3.05) is 14.2 Å². The van der Waals surface area contributed by atoms with E-state index in [1.807, 2.05) is 0 Å². The molecule has 0 radical (unpaired) electrons. The summed E-state index contributed by atoms with van der Waals surface area (Å²) in [6.07, 6.45) is 0. The zero-order chi connectivity index (χ0) is 17.1. The van der Waals surface area contributed by atoms with Gasteiger partial charge in [-0.2, -0.15) is 0 Å². The molecular formula is C17H17NO5. The number of carbonyl (C=O) groups is 2. The van der Waals surface area contributed by atoms with Crippen molar-refractivity contribution < 1.29 is 24.2 Å². The number of hydrogen-bond donors (Lipinski definition) is 1. The lowest BCUT2D eigenvalue weighted by Crippen LogP contribution is -2.16. The Morgan fingerprint density at radius 2 is 1.35 bits per heavy atom. The van der Waals surface area contributed by atoms with Gasteiger partial charge >= 0.3 is 11.9 Å². The van der Waals surface area contributed by atoms with Crippen LogP contribution in [-0.2, 0) is 9.47 Å². The van der Waals surface area contributed by atoms with Crippen LogP contribution in [0.1, 0.15) is 32.1 Å². The maximum atomic E-state index is 12.2. The molecule has 1 N–H and O–H groups in total. The first-order valence-electron chi connectivity index (χ1n) is 6.88. The van der Waals surface area contributed by atoms with Gasteiger partial charge in [0.05, 0.1) is 36.7 Å². The summed E-state index contributed by atoms with van der Waals surface area (Å²) < 4.78 is 9.66. The van der Waals surface area contributed by atoms with Crippen LogP contribution in [-0.4, -0.2) is 36.2 Å². The van der Waals surface area contributed by atoms with E-state index in [-0.39, 0.29) is 16.9 Å². The molecule has 0 aliphatic carbocycles. The van der Waals surface area contributed by atoms with Crippen molar-refractivity contribution in [2.45, 2.75) is 13.8 Å². The number of aryl methyl sites for hydroxylation is 2. The van der Waals surface area contributed by atoms with Crippen molar-refractivity contribution in [1.29, 1.82) is 0 Å². The Morgan fingerprint density at radius 3 is 1.74 bits per heavy atom. The van der Waals surface area contributed by atoms with Crippen LogP contribution in [0.5, 0.6) is 5.75 Å². The number of carbonyl (C=O) groups excluding carboxylic acids is 2.